The standard InChI is InChI=1S/C26H26ClN7O12S2/c1-26(2,24(44)45)46-32-15(11-8-47-25(28)30-11)19(40)31-16-22(43)33(7-13(36)37)23(16)48-34-6-5-10(21(34)42)29-20(41)17(38)9-3-4-12(35)18(39)14(9)27/h3-4,8,10,16,23,35,39H,5-7H2,1-2H3,(H2,28,30)(H,29,41)(H,31,40)(H,36,37)(H,44,45)/b32-15-/t10-,16+,23+/m0/s1. The van der Waals surface area contributed by atoms with Crippen LogP contribution in [0, 0.1) is 0 Å². The van der Waals surface area contributed by atoms with Crippen LogP contribution in [0.2, 0.25) is 5.02 Å². The van der Waals surface area contributed by atoms with Crippen molar-refractivity contribution in [2.45, 2.75) is 43.3 Å². The van der Waals surface area contributed by atoms with Crippen molar-refractivity contribution < 1.29 is 58.8 Å². The Kier molecular flexibility index (Phi) is 10.3. The van der Waals surface area contributed by atoms with Gasteiger partial charge in [-0.3, -0.25) is 33.1 Å². The third kappa shape index (κ3) is 7.37. The van der Waals surface area contributed by atoms with Gasteiger partial charge in [-0.15, -0.1) is 11.3 Å². The van der Waals surface area contributed by atoms with Gasteiger partial charge in [0.1, 0.15) is 29.7 Å². The summed E-state index contributed by atoms with van der Waals surface area (Å²) < 4.78 is 1.12. The number of carboxylic acids is 2. The second-order valence-electron chi connectivity index (χ2n) is 10.6. The molecule has 0 radical (unpaired) electrons. The number of aromatic hydroxyl groups is 2. The minimum Gasteiger partial charge on any atom is -0.504 e. The second-order valence-corrected chi connectivity index (χ2v) is 13.0. The van der Waals surface area contributed by atoms with Gasteiger partial charge in [0.05, 0.1) is 10.6 Å². The number of aliphatic carboxylic acids is 2. The largest absolute Gasteiger partial charge is 0.504 e. The molecule has 2 aliphatic heterocycles. The minimum absolute atomic E-state index is 0.00517. The van der Waals surface area contributed by atoms with Gasteiger partial charge >= 0.3 is 11.9 Å². The van der Waals surface area contributed by atoms with Crippen LogP contribution in [0.15, 0.2) is 22.7 Å². The van der Waals surface area contributed by atoms with Crippen LogP contribution < -0.4 is 16.4 Å². The predicted molar refractivity (Wildman–Crippen MR) is 166 cm³/mol. The smallest absolute Gasteiger partial charge is 0.350 e. The van der Waals surface area contributed by atoms with E-state index in [-0.39, 0.29) is 23.8 Å². The number of phenolic OH excluding ortho intramolecular Hbond substituents is 2. The molecule has 4 rings (SSSR count). The Hall–Kier alpha value is -5.15. The van der Waals surface area contributed by atoms with Crippen molar-refractivity contribution in [3.8, 4) is 11.5 Å². The highest BCUT2D eigenvalue weighted by Crippen LogP contribution is 2.37. The molecule has 3 heterocycles. The zero-order valence-electron chi connectivity index (χ0n) is 24.7. The maximum Gasteiger partial charge on any atom is 0.350 e. The fraction of sp³-hybridized carbons (Fsp3) is 0.346. The molecule has 2 fully saturated rings. The van der Waals surface area contributed by atoms with Crippen LogP contribution in [0.4, 0.5) is 5.13 Å². The highest BCUT2D eigenvalue weighted by atomic mass is 35.5. The van der Waals surface area contributed by atoms with Crippen LogP contribution in [0.25, 0.3) is 0 Å². The summed E-state index contributed by atoms with van der Waals surface area (Å²) >= 11 is 7.48. The van der Waals surface area contributed by atoms with E-state index in [0.29, 0.717) is 11.9 Å². The lowest BCUT2D eigenvalue weighted by atomic mass is 10.1. The van der Waals surface area contributed by atoms with E-state index in [2.05, 4.69) is 20.8 Å². The third-order valence-corrected chi connectivity index (χ3v) is 9.26. The molecule has 2 aromatic rings. The lowest BCUT2D eigenvalue weighted by Gasteiger charge is -2.46. The molecule has 22 heteroatoms. The van der Waals surface area contributed by atoms with E-state index in [1.54, 1.807) is 0 Å². The van der Waals surface area contributed by atoms with Gasteiger partial charge in [0.15, 0.2) is 22.3 Å². The number of thiazole rings is 1. The van der Waals surface area contributed by atoms with Crippen molar-refractivity contribution in [1.82, 2.24) is 24.8 Å². The van der Waals surface area contributed by atoms with E-state index in [1.807, 2.05) is 0 Å². The SMILES string of the molecule is CC(C)(O/N=C(\C(=O)N[C@@H]1C(=O)N(CC(=O)O)[C@@H]1SN1CC[C@H](NC(=O)C(=O)c2ccc(O)c(O)c2Cl)C1=O)c1csc(N)n1)C(=O)O. The summed E-state index contributed by atoms with van der Waals surface area (Å²) in [5.41, 5.74) is 2.70. The fourth-order valence-electron chi connectivity index (χ4n) is 4.20. The first-order valence-corrected chi connectivity index (χ1v) is 15.6. The molecule has 1 aromatic carbocycles. The molecule has 2 saturated heterocycles. The number of nitrogen functional groups attached to an aromatic ring is 1. The van der Waals surface area contributed by atoms with Crippen LogP contribution in [0.3, 0.4) is 0 Å². The minimum atomic E-state index is -1.87. The molecule has 0 saturated carbocycles. The molecule has 48 heavy (non-hydrogen) atoms. The predicted octanol–water partition coefficient (Wildman–Crippen LogP) is -0.640. The molecule has 8 N–H and O–H groups in total. The monoisotopic (exact) mass is 727 g/mol. The number of carboxylic acid groups (broad SMARTS) is 2. The molecule has 0 bridgehead atoms. The highest BCUT2D eigenvalue weighted by molar-refractivity contribution is 7.98. The number of rotatable bonds is 13. The second kappa shape index (κ2) is 13.9. The quantitative estimate of drug-likeness (QED) is 0.0257. The molecular weight excluding hydrogens is 702 g/mol. The molecule has 4 amide bonds. The zero-order valence-corrected chi connectivity index (χ0v) is 27.1. The van der Waals surface area contributed by atoms with Gasteiger partial charge in [0.2, 0.25) is 11.5 Å². The van der Waals surface area contributed by atoms with Gasteiger partial charge < -0.3 is 46.5 Å². The molecular formula is C26H26ClN7O12S2. The Morgan fingerprint density at radius 2 is 1.83 bits per heavy atom. The Labute approximate surface area is 282 Å². The number of nitrogens with two attached hydrogens (primary N) is 1. The van der Waals surface area contributed by atoms with Crippen LogP contribution in [0.5, 0.6) is 11.5 Å². The molecule has 256 valence electrons. The number of benzene rings is 1. The topological polar surface area (TPSA) is 291 Å². The van der Waals surface area contributed by atoms with Crippen LogP contribution in [-0.4, -0.2) is 118 Å². The van der Waals surface area contributed by atoms with Gasteiger partial charge in [-0.25, -0.2) is 9.78 Å². The summed E-state index contributed by atoms with van der Waals surface area (Å²) in [6, 6.07) is -0.680. The number of nitrogens with zero attached hydrogens (tertiary/aromatic N) is 4. The summed E-state index contributed by atoms with van der Waals surface area (Å²) in [6.07, 6.45) is -0.00517. The molecule has 2 aliphatic rings. The number of carbonyl (C=O) groups excluding carboxylic acids is 5. The Morgan fingerprint density at radius 1 is 1.15 bits per heavy atom. The third-order valence-electron chi connectivity index (χ3n) is 6.84. The maximum atomic E-state index is 13.3. The number of hydrogen-bond donors (Lipinski definition) is 7. The first kappa shape index (κ1) is 35.7. The molecule has 0 aliphatic carbocycles. The molecule has 3 atom stereocenters. The van der Waals surface area contributed by atoms with E-state index in [9.17, 15) is 54.0 Å². The maximum absolute atomic E-state index is 13.3. The van der Waals surface area contributed by atoms with Crippen LogP contribution >= 0.6 is 34.9 Å². The average molecular weight is 728 g/mol. The number of anilines is 1. The molecule has 0 spiro atoms. The number of nitrogens with one attached hydrogen (secondary N) is 2. The van der Waals surface area contributed by atoms with Crippen molar-refractivity contribution in [3.05, 3.63) is 33.8 Å². The van der Waals surface area contributed by atoms with Crippen molar-refractivity contribution in [2.24, 2.45) is 5.16 Å². The number of hydrogen-bond acceptors (Lipinski definition) is 15. The van der Waals surface area contributed by atoms with Crippen molar-refractivity contribution >= 4 is 87.1 Å². The number of likely N-dealkylation sites (tertiary alicyclic amines) is 1. The van der Waals surface area contributed by atoms with E-state index in [4.69, 9.17) is 22.2 Å². The van der Waals surface area contributed by atoms with Crippen molar-refractivity contribution in [1.29, 1.82) is 0 Å². The number of β-lactam (4-membered cyclic amide) rings is 1. The van der Waals surface area contributed by atoms with Gasteiger partial charge in [0.25, 0.3) is 23.5 Å². The zero-order chi connectivity index (χ0) is 35.7. The van der Waals surface area contributed by atoms with Crippen LogP contribution in [-0.2, 0) is 33.6 Å². The summed E-state index contributed by atoms with van der Waals surface area (Å²) in [5, 5.41) is 45.9. The Morgan fingerprint density at radius 3 is 2.44 bits per heavy atom. The fourth-order valence-corrected chi connectivity index (χ4v) is 6.29. The Bertz CT molecular complexity index is 1750. The van der Waals surface area contributed by atoms with Gasteiger partial charge in [-0.2, -0.15) is 0 Å². The normalized spacial score (nSPS) is 19.5. The Balaban J connectivity index is 1.49. The first-order chi connectivity index (χ1) is 22.4. The summed E-state index contributed by atoms with van der Waals surface area (Å²) in [7, 11) is 0. The lowest BCUT2D eigenvalue weighted by molar-refractivity contribution is -0.161. The number of ketones is 1. The number of Topliss-reactive ketones (excluding diaryl/α,β-unsaturated/α-hetero) is 1. The van der Waals surface area contributed by atoms with E-state index in [1.165, 1.54) is 19.2 Å². The summed E-state index contributed by atoms with van der Waals surface area (Å²) in [4.78, 5) is 97.6. The number of amides is 4. The average Bonchev–Trinajstić information content (AvgIpc) is 3.60. The highest BCUT2D eigenvalue weighted by Gasteiger charge is 2.52. The number of aromatic nitrogens is 1. The first-order valence-electron chi connectivity index (χ1n) is 13.5. The number of halogens is 1. The van der Waals surface area contributed by atoms with Gasteiger partial charge in [-0.05, 0) is 44.3 Å². The van der Waals surface area contributed by atoms with E-state index >= 15 is 0 Å². The van der Waals surface area contributed by atoms with Crippen molar-refractivity contribution in [2.75, 3.05) is 18.8 Å². The van der Waals surface area contributed by atoms with Gasteiger partial charge in [0, 0.05) is 11.9 Å². The molecule has 19 nitrogen and oxygen atoms in total. The summed E-state index contributed by atoms with van der Waals surface area (Å²) in [5.74, 6) is -9.29. The molecule has 0 unspecified atom stereocenters. The van der Waals surface area contributed by atoms with E-state index < -0.39 is 98.8 Å². The van der Waals surface area contributed by atoms with Gasteiger partial charge in [-0.1, -0.05) is 16.8 Å². The summed E-state index contributed by atoms with van der Waals surface area (Å²) in [6.45, 7) is 1.52. The van der Waals surface area contributed by atoms with Crippen molar-refractivity contribution in [3.63, 3.8) is 0 Å². The number of oxime groups is 1. The van der Waals surface area contributed by atoms with E-state index in [0.717, 1.165) is 32.7 Å². The number of phenols is 2. The molecule has 1 aromatic heterocycles. The lowest BCUT2D eigenvalue weighted by Crippen LogP contribution is -2.71. The number of carbonyl (C=O) groups is 7. The van der Waals surface area contributed by atoms with Crippen LogP contribution in [0.1, 0.15) is 36.3 Å².